The van der Waals surface area contributed by atoms with Crippen LogP contribution in [0.3, 0.4) is 0 Å². The fourth-order valence-corrected chi connectivity index (χ4v) is 14.3. The van der Waals surface area contributed by atoms with Gasteiger partial charge in [-0.3, -0.25) is 4.79 Å². The maximum absolute atomic E-state index is 12.9. The number of esters is 1. The van der Waals surface area contributed by atoms with Crippen LogP contribution < -0.4 is 0 Å². The number of rotatable bonds is 4. The van der Waals surface area contributed by atoms with Gasteiger partial charge in [0.05, 0.1) is 24.4 Å². The molecule has 0 unspecified atom stereocenters. The van der Waals surface area contributed by atoms with E-state index >= 15 is 0 Å². The lowest BCUT2D eigenvalue weighted by Crippen LogP contribution is -2.65. The van der Waals surface area contributed by atoms with Gasteiger partial charge in [-0.25, -0.2) is 0 Å². The normalized spacial score (nSPS) is 59.4. The first kappa shape index (κ1) is 34.2. The molecule has 3 aliphatic heterocycles. The van der Waals surface area contributed by atoms with E-state index in [0.29, 0.717) is 6.42 Å². The molecule has 0 aromatic heterocycles. The molecule has 0 radical (unpaired) electrons. The van der Waals surface area contributed by atoms with Crippen molar-refractivity contribution in [2.24, 2.45) is 50.7 Å². The van der Waals surface area contributed by atoms with E-state index in [4.69, 9.17) is 23.7 Å². The van der Waals surface area contributed by atoms with Gasteiger partial charge in [0.1, 0.15) is 36.6 Å². The van der Waals surface area contributed by atoms with E-state index in [-0.39, 0.29) is 64.7 Å². The number of aliphatic hydroxyl groups excluding tert-OH is 4. The summed E-state index contributed by atoms with van der Waals surface area (Å²) in [4.78, 5) is 12.9. The maximum atomic E-state index is 12.9. The Morgan fingerprint density at radius 1 is 0.896 bits per heavy atom. The van der Waals surface area contributed by atoms with Gasteiger partial charge in [0.2, 0.25) is 0 Å². The lowest BCUT2D eigenvalue weighted by Gasteiger charge is -2.65. The molecule has 11 nitrogen and oxygen atoms in total. The summed E-state index contributed by atoms with van der Waals surface area (Å²) in [6, 6.07) is 0. The van der Waals surface area contributed by atoms with Gasteiger partial charge < -0.3 is 49.2 Å². The highest BCUT2D eigenvalue weighted by Crippen LogP contribution is 2.90. The number of hydrogen-bond acceptors (Lipinski definition) is 11. The summed E-state index contributed by atoms with van der Waals surface area (Å²) in [6.45, 7) is 16.0. The Balaban J connectivity index is 1.16. The predicted octanol–water partition coefficient (Wildman–Crippen LogP) is 2.66. The minimum atomic E-state index is -1.34. The molecule has 5 saturated carbocycles. The van der Waals surface area contributed by atoms with E-state index < -0.39 is 65.1 Å². The molecular formula is C37H58O11. The number of aliphatic hydroxyl groups is 5. The molecule has 3 heterocycles. The molecule has 0 aromatic carbocycles. The van der Waals surface area contributed by atoms with E-state index in [1.807, 2.05) is 0 Å². The molecule has 272 valence electrons. The van der Waals surface area contributed by atoms with Gasteiger partial charge in [-0.2, -0.15) is 0 Å². The van der Waals surface area contributed by atoms with Gasteiger partial charge >= 0.3 is 5.97 Å². The van der Waals surface area contributed by atoms with Gasteiger partial charge in [0.15, 0.2) is 12.1 Å². The van der Waals surface area contributed by atoms with Crippen LogP contribution in [0.15, 0.2) is 0 Å². The van der Waals surface area contributed by atoms with Crippen LogP contribution in [0.25, 0.3) is 0 Å². The number of hydrogen-bond donors (Lipinski definition) is 5. The van der Waals surface area contributed by atoms with Crippen molar-refractivity contribution in [2.75, 3.05) is 6.61 Å². The monoisotopic (exact) mass is 678 g/mol. The molecule has 5 N–H and O–H groups in total. The summed E-state index contributed by atoms with van der Waals surface area (Å²) >= 11 is 0. The minimum absolute atomic E-state index is 0.0317. The van der Waals surface area contributed by atoms with E-state index in [9.17, 15) is 30.3 Å². The van der Waals surface area contributed by atoms with E-state index in [1.165, 1.54) is 6.92 Å². The molecule has 18 atom stereocenters. The van der Waals surface area contributed by atoms with Gasteiger partial charge in [0.25, 0.3) is 0 Å². The average molecular weight is 679 g/mol. The SMILES string of the molecule is CC(=O)O[C@@H]1C[C@@]23C[C@@]24CC[C@H](O[C@@H]2OC[C@@H](O)[C@H](O)[C@H]2O)C(C)(C)[C@@H]4CC[C@H]3[C@]2(C)[C@@H](O)[C@]34O[C@H](C[C@@H](C)[C@@H]3[C@@]12C)[C@@H](C(C)(C)O)O4. The van der Waals surface area contributed by atoms with Crippen molar-refractivity contribution < 1.29 is 54.0 Å². The Kier molecular flexibility index (Phi) is 7.24. The van der Waals surface area contributed by atoms with Crippen LogP contribution in [0.4, 0.5) is 0 Å². The molecule has 3 saturated heterocycles. The first-order chi connectivity index (χ1) is 22.2. The second-order valence-corrected chi connectivity index (χ2v) is 18.9. The summed E-state index contributed by atoms with van der Waals surface area (Å²) in [6.07, 6.45) is -1.55. The predicted molar refractivity (Wildman–Crippen MR) is 170 cm³/mol. The Morgan fingerprint density at radius 2 is 1.58 bits per heavy atom. The standard InChI is InChI=1S/C37H58O11/c1-17-13-20-28(32(5,6)43)48-37(47-20)27(17)34(8)24(45-18(2)38)14-36-16-35(36)12-11-23(46-29-26(41)25(40)19(39)15-44-29)31(3,4)21(35)9-10-22(36)33(34,7)30(37)42/h17,19-30,39-43H,9-16H2,1-8H3/t17-,19-,20-,21+,22+,23+,24-,25+,26-,27-,28+,29+,30-,33-,34-,35-,36+,37+/m1/s1. The van der Waals surface area contributed by atoms with Crippen molar-refractivity contribution in [3.63, 3.8) is 0 Å². The first-order valence-corrected chi connectivity index (χ1v) is 18.5. The molecule has 0 aromatic rings. The molecule has 48 heavy (non-hydrogen) atoms. The van der Waals surface area contributed by atoms with Crippen molar-refractivity contribution >= 4 is 5.97 Å². The van der Waals surface area contributed by atoms with Crippen LogP contribution in [-0.4, -0.2) is 105 Å². The third kappa shape index (κ3) is 3.90. The summed E-state index contributed by atoms with van der Waals surface area (Å²) < 4.78 is 32.2. The number of carbonyl (C=O) groups excluding carboxylic acids is 1. The Bertz CT molecular complexity index is 1350. The maximum Gasteiger partial charge on any atom is 0.302 e. The van der Waals surface area contributed by atoms with Gasteiger partial charge in [-0.1, -0.05) is 34.6 Å². The van der Waals surface area contributed by atoms with Crippen molar-refractivity contribution in [1.82, 2.24) is 0 Å². The van der Waals surface area contributed by atoms with Gasteiger partial charge in [-0.15, -0.1) is 0 Å². The summed E-state index contributed by atoms with van der Waals surface area (Å²) in [5.74, 6) is -1.33. The Labute approximate surface area is 284 Å². The molecule has 0 amide bonds. The highest BCUT2D eigenvalue weighted by atomic mass is 16.8. The molecular weight excluding hydrogens is 620 g/mol. The highest BCUT2D eigenvalue weighted by Gasteiger charge is 2.90. The zero-order valence-electron chi connectivity index (χ0n) is 29.8. The van der Waals surface area contributed by atoms with Crippen LogP contribution in [0.2, 0.25) is 0 Å². The lowest BCUT2D eigenvalue weighted by atomic mass is 9.40. The van der Waals surface area contributed by atoms with Gasteiger partial charge in [0, 0.05) is 23.7 Å². The third-order valence-electron chi connectivity index (χ3n) is 16.2. The number of ether oxygens (including phenoxy) is 5. The zero-order chi connectivity index (χ0) is 34.8. The largest absolute Gasteiger partial charge is 0.462 e. The highest BCUT2D eigenvalue weighted by molar-refractivity contribution is 5.66. The number of fused-ring (bicyclic) bond motifs is 4. The van der Waals surface area contributed by atoms with Crippen LogP contribution in [0.5, 0.6) is 0 Å². The lowest BCUT2D eigenvalue weighted by molar-refractivity contribution is -0.304. The fourth-order valence-electron chi connectivity index (χ4n) is 14.3. The fraction of sp³-hybridized carbons (Fsp3) is 0.973. The smallest absolute Gasteiger partial charge is 0.302 e. The topological polar surface area (TPSA) is 164 Å². The third-order valence-corrected chi connectivity index (χ3v) is 16.2. The molecule has 5 aliphatic carbocycles. The average Bonchev–Trinajstić information content (AvgIpc) is 3.48. The van der Waals surface area contributed by atoms with Crippen LogP contribution in [0.1, 0.15) is 100 Å². The number of carbonyl (C=O) groups is 1. The van der Waals surface area contributed by atoms with Crippen molar-refractivity contribution in [2.45, 2.75) is 167 Å². The zero-order valence-corrected chi connectivity index (χ0v) is 29.8. The van der Waals surface area contributed by atoms with Gasteiger partial charge in [-0.05, 0) is 92.8 Å². The minimum Gasteiger partial charge on any atom is -0.462 e. The summed E-state index contributed by atoms with van der Waals surface area (Å²) in [5.41, 5.74) is -2.98. The second-order valence-electron chi connectivity index (χ2n) is 18.9. The van der Waals surface area contributed by atoms with Crippen molar-refractivity contribution in [3.05, 3.63) is 0 Å². The van der Waals surface area contributed by atoms with Crippen molar-refractivity contribution in [1.29, 1.82) is 0 Å². The molecule has 2 bridgehead atoms. The molecule has 11 heteroatoms. The molecule has 3 spiro atoms. The first-order valence-electron chi connectivity index (χ1n) is 18.5. The summed E-state index contributed by atoms with van der Waals surface area (Å²) in [7, 11) is 0. The quantitative estimate of drug-likeness (QED) is 0.219. The molecule has 8 fully saturated rings. The Morgan fingerprint density at radius 3 is 2.25 bits per heavy atom. The summed E-state index contributed by atoms with van der Waals surface area (Å²) in [5, 5.41) is 55.0. The second kappa shape index (κ2) is 10.2. The van der Waals surface area contributed by atoms with Crippen LogP contribution in [0, 0.1) is 50.7 Å². The Hall–Kier alpha value is -0.890. The molecule has 8 rings (SSSR count). The van der Waals surface area contributed by atoms with Crippen LogP contribution in [-0.2, 0) is 28.5 Å². The van der Waals surface area contributed by atoms with Crippen LogP contribution >= 0.6 is 0 Å². The van der Waals surface area contributed by atoms with Crippen molar-refractivity contribution in [3.8, 4) is 0 Å². The van der Waals surface area contributed by atoms with E-state index in [1.54, 1.807) is 13.8 Å². The van der Waals surface area contributed by atoms with E-state index in [0.717, 1.165) is 38.5 Å². The van der Waals surface area contributed by atoms with E-state index in [2.05, 4.69) is 34.6 Å². The molecule has 8 aliphatic rings.